The number of benzene rings is 1. The van der Waals surface area contributed by atoms with E-state index in [0.29, 0.717) is 5.92 Å². The molecular formula is C13H15BrF2. The molecule has 0 unspecified atom stereocenters. The van der Waals surface area contributed by atoms with Gasteiger partial charge in [0.15, 0.2) is 0 Å². The summed E-state index contributed by atoms with van der Waals surface area (Å²) >= 11 is 3.49. The van der Waals surface area contributed by atoms with Gasteiger partial charge in [-0.25, -0.2) is 8.78 Å². The van der Waals surface area contributed by atoms with Gasteiger partial charge in [0, 0.05) is 11.4 Å². The molecule has 0 atom stereocenters. The number of halogens is 3. The van der Waals surface area contributed by atoms with Gasteiger partial charge in [0.05, 0.1) is 0 Å². The zero-order valence-corrected chi connectivity index (χ0v) is 10.6. The van der Waals surface area contributed by atoms with E-state index in [1.165, 1.54) is 12.1 Å². The molecular weight excluding hydrogens is 274 g/mol. The summed E-state index contributed by atoms with van der Waals surface area (Å²) in [6.07, 6.45) is 4.38. The summed E-state index contributed by atoms with van der Waals surface area (Å²) in [6.45, 7) is 0. The van der Waals surface area contributed by atoms with Crippen molar-refractivity contribution in [3.8, 4) is 0 Å². The van der Waals surface area contributed by atoms with Gasteiger partial charge in [0.2, 0.25) is 0 Å². The van der Waals surface area contributed by atoms with Gasteiger partial charge in [0.1, 0.15) is 11.6 Å². The van der Waals surface area contributed by atoms with Gasteiger partial charge in [-0.1, -0.05) is 15.9 Å². The summed E-state index contributed by atoms with van der Waals surface area (Å²) in [5.74, 6) is 0.144. The van der Waals surface area contributed by atoms with Gasteiger partial charge in [-0.3, -0.25) is 0 Å². The zero-order chi connectivity index (χ0) is 11.5. The maximum Gasteiger partial charge on any atom is 0.126 e. The normalized spacial score (nSPS) is 25.7. The highest BCUT2D eigenvalue weighted by molar-refractivity contribution is 9.09. The van der Waals surface area contributed by atoms with Crippen LogP contribution in [0.15, 0.2) is 18.2 Å². The fourth-order valence-electron chi connectivity index (χ4n) is 2.46. The Bertz CT molecular complexity index is 337. The second-order valence-corrected chi connectivity index (χ2v) is 5.22. The van der Waals surface area contributed by atoms with Crippen LogP contribution in [0.4, 0.5) is 8.78 Å². The highest BCUT2D eigenvalue weighted by Gasteiger charge is 2.22. The molecule has 0 radical (unpaired) electrons. The molecule has 3 heteroatoms. The molecule has 0 nitrogen and oxygen atoms in total. The van der Waals surface area contributed by atoms with Gasteiger partial charge in [0.25, 0.3) is 0 Å². The molecule has 0 spiro atoms. The van der Waals surface area contributed by atoms with Crippen molar-refractivity contribution >= 4 is 15.9 Å². The lowest BCUT2D eigenvalue weighted by Crippen LogP contribution is -2.14. The molecule has 1 saturated carbocycles. The minimum atomic E-state index is -0.461. The van der Waals surface area contributed by atoms with E-state index in [9.17, 15) is 8.78 Å². The number of hydrogen-bond donors (Lipinski definition) is 0. The predicted molar refractivity (Wildman–Crippen MR) is 64.9 cm³/mol. The molecule has 16 heavy (non-hydrogen) atoms. The Labute approximate surface area is 103 Å². The van der Waals surface area contributed by atoms with Gasteiger partial charge < -0.3 is 0 Å². The molecule has 1 aromatic rings. The van der Waals surface area contributed by atoms with E-state index < -0.39 is 11.6 Å². The Kier molecular flexibility index (Phi) is 3.95. The van der Waals surface area contributed by atoms with Gasteiger partial charge in [-0.2, -0.15) is 0 Å². The first-order valence-corrected chi connectivity index (χ1v) is 6.83. The van der Waals surface area contributed by atoms with Crippen LogP contribution in [0.2, 0.25) is 0 Å². The Balaban J connectivity index is 2.08. The molecule has 1 aromatic carbocycles. The van der Waals surface area contributed by atoms with Crippen molar-refractivity contribution < 1.29 is 8.78 Å². The lowest BCUT2D eigenvalue weighted by Gasteiger charge is -2.27. The summed E-state index contributed by atoms with van der Waals surface area (Å²) in [5.41, 5.74) is 0.825. The van der Waals surface area contributed by atoms with Crippen LogP contribution in [0, 0.1) is 17.6 Å². The fourth-order valence-corrected chi connectivity index (χ4v) is 3.11. The van der Waals surface area contributed by atoms with Crippen molar-refractivity contribution in [2.75, 3.05) is 5.33 Å². The number of alkyl halides is 1. The lowest BCUT2D eigenvalue weighted by molar-refractivity contribution is 0.352. The minimum Gasteiger partial charge on any atom is -0.207 e. The lowest BCUT2D eigenvalue weighted by atomic mass is 9.79. The van der Waals surface area contributed by atoms with E-state index in [2.05, 4.69) is 15.9 Å². The van der Waals surface area contributed by atoms with Crippen LogP contribution in [0.1, 0.15) is 37.2 Å². The molecule has 88 valence electrons. The van der Waals surface area contributed by atoms with E-state index in [0.717, 1.165) is 48.6 Å². The molecule has 0 saturated heterocycles. The monoisotopic (exact) mass is 288 g/mol. The number of hydrogen-bond acceptors (Lipinski definition) is 0. The van der Waals surface area contributed by atoms with Crippen molar-refractivity contribution in [2.24, 2.45) is 5.92 Å². The molecule has 1 aliphatic rings. The van der Waals surface area contributed by atoms with Crippen LogP contribution < -0.4 is 0 Å². The Morgan fingerprint density at radius 1 is 1.00 bits per heavy atom. The molecule has 0 aromatic heterocycles. The van der Waals surface area contributed by atoms with E-state index in [1.807, 2.05) is 0 Å². The highest BCUT2D eigenvalue weighted by Crippen LogP contribution is 2.36. The maximum atomic E-state index is 13.1. The quantitative estimate of drug-likeness (QED) is 0.696. The Morgan fingerprint density at radius 3 is 2.06 bits per heavy atom. The summed E-state index contributed by atoms with van der Waals surface area (Å²) in [7, 11) is 0. The van der Waals surface area contributed by atoms with Crippen LogP contribution in [0.3, 0.4) is 0 Å². The summed E-state index contributed by atoms with van der Waals surface area (Å²) in [6, 6.07) is 3.89. The third-order valence-electron chi connectivity index (χ3n) is 3.42. The fraction of sp³-hybridized carbons (Fsp3) is 0.538. The average molecular weight is 289 g/mol. The second kappa shape index (κ2) is 5.26. The molecule has 0 bridgehead atoms. The van der Waals surface area contributed by atoms with Crippen LogP contribution in [0.25, 0.3) is 0 Å². The third-order valence-corrected chi connectivity index (χ3v) is 4.34. The third kappa shape index (κ3) is 2.82. The van der Waals surface area contributed by atoms with Gasteiger partial charge in [-0.05, 0) is 55.2 Å². The Morgan fingerprint density at radius 2 is 1.56 bits per heavy atom. The van der Waals surface area contributed by atoms with E-state index in [1.54, 1.807) is 0 Å². The van der Waals surface area contributed by atoms with E-state index in [4.69, 9.17) is 0 Å². The zero-order valence-electron chi connectivity index (χ0n) is 9.06. The maximum absolute atomic E-state index is 13.1. The molecule has 2 rings (SSSR count). The number of rotatable bonds is 2. The molecule has 0 amide bonds. The van der Waals surface area contributed by atoms with Gasteiger partial charge in [-0.15, -0.1) is 0 Å². The summed E-state index contributed by atoms with van der Waals surface area (Å²) < 4.78 is 26.2. The van der Waals surface area contributed by atoms with Crippen LogP contribution in [-0.4, -0.2) is 5.33 Å². The topological polar surface area (TPSA) is 0 Å². The van der Waals surface area contributed by atoms with Gasteiger partial charge >= 0.3 is 0 Å². The van der Waals surface area contributed by atoms with Crippen LogP contribution >= 0.6 is 15.9 Å². The highest BCUT2D eigenvalue weighted by atomic mass is 79.9. The first-order chi connectivity index (χ1) is 7.69. The first kappa shape index (κ1) is 12.0. The molecule has 0 heterocycles. The van der Waals surface area contributed by atoms with E-state index in [-0.39, 0.29) is 0 Å². The summed E-state index contributed by atoms with van der Waals surface area (Å²) in [5, 5.41) is 1.04. The smallest absolute Gasteiger partial charge is 0.126 e. The van der Waals surface area contributed by atoms with Crippen LogP contribution in [0.5, 0.6) is 0 Å². The Hall–Kier alpha value is -0.440. The molecule has 0 aliphatic heterocycles. The van der Waals surface area contributed by atoms with Crippen molar-refractivity contribution in [1.82, 2.24) is 0 Å². The summed E-state index contributed by atoms with van der Waals surface area (Å²) in [4.78, 5) is 0. The molecule has 0 N–H and O–H groups in total. The van der Waals surface area contributed by atoms with Crippen molar-refractivity contribution in [3.63, 3.8) is 0 Å². The van der Waals surface area contributed by atoms with Crippen LogP contribution in [-0.2, 0) is 0 Å². The van der Waals surface area contributed by atoms with E-state index >= 15 is 0 Å². The predicted octanol–water partition coefficient (Wildman–Crippen LogP) is 4.63. The average Bonchev–Trinajstić information content (AvgIpc) is 2.28. The van der Waals surface area contributed by atoms with Crippen molar-refractivity contribution in [1.29, 1.82) is 0 Å². The van der Waals surface area contributed by atoms with Crippen molar-refractivity contribution in [2.45, 2.75) is 31.6 Å². The minimum absolute atomic E-state index is 0.334. The SMILES string of the molecule is Fc1cc(F)cc(C2CCC(CBr)CC2)c1. The second-order valence-electron chi connectivity index (χ2n) is 4.57. The van der Waals surface area contributed by atoms with Crippen molar-refractivity contribution in [3.05, 3.63) is 35.4 Å². The standard InChI is InChI=1S/C13H15BrF2/c14-8-9-1-3-10(4-2-9)11-5-12(15)7-13(16)6-11/h5-7,9-10H,1-4,8H2. The molecule has 1 aliphatic carbocycles. The molecule has 1 fully saturated rings. The largest absolute Gasteiger partial charge is 0.207 e. The first-order valence-electron chi connectivity index (χ1n) is 5.71.